The second kappa shape index (κ2) is 4.88. The number of nitrogens with zero attached hydrogens (tertiary/aromatic N) is 2. The highest BCUT2D eigenvalue weighted by Crippen LogP contribution is 2.24. The molecule has 3 rings (SSSR count). The molecule has 0 saturated carbocycles. The van der Waals surface area contributed by atoms with Gasteiger partial charge in [-0.1, -0.05) is 0 Å². The van der Waals surface area contributed by atoms with Crippen molar-refractivity contribution in [2.45, 2.75) is 11.8 Å². The maximum absolute atomic E-state index is 14.1. The van der Waals surface area contributed by atoms with Gasteiger partial charge in [-0.25, -0.2) is 22.2 Å². The van der Waals surface area contributed by atoms with Crippen LogP contribution in [0.5, 0.6) is 0 Å². The normalized spacial score (nSPS) is 12.0. The molecule has 0 atom stereocenters. The van der Waals surface area contributed by atoms with Gasteiger partial charge in [-0.3, -0.25) is 4.57 Å². The van der Waals surface area contributed by atoms with Gasteiger partial charge in [-0.2, -0.15) is 0 Å². The van der Waals surface area contributed by atoms with Gasteiger partial charge in [-0.05, 0) is 37.3 Å². The van der Waals surface area contributed by atoms with Crippen molar-refractivity contribution in [3.05, 3.63) is 53.9 Å². The molecule has 0 aliphatic carbocycles. The molecule has 0 unspecified atom stereocenters. The number of rotatable bonds is 2. The summed E-state index contributed by atoms with van der Waals surface area (Å²) >= 11 is 0. The summed E-state index contributed by atoms with van der Waals surface area (Å²) in [6.07, 6.45) is 0.943. The highest BCUT2D eigenvalue weighted by molar-refractivity contribution is 7.90. The first-order valence-electron chi connectivity index (χ1n) is 6.42. The fourth-order valence-electron chi connectivity index (χ4n) is 2.42. The third-order valence-electron chi connectivity index (χ3n) is 3.36. The average Bonchev–Trinajstić information content (AvgIpc) is 2.72. The molecule has 0 N–H and O–H groups in total. The molecular weight excluding hydrogens is 310 g/mol. The number of hydrogen-bond donors (Lipinski definition) is 0. The van der Waals surface area contributed by atoms with Crippen LogP contribution < -0.4 is 0 Å². The molecule has 0 fully saturated rings. The van der Waals surface area contributed by atoms with Crippen LogP contribution in [-0.4, -0.2) is 24.2 Å². The zero-order valence-electron chi connectivity index (χ0n) is 11.8. The second-order valence-corrected chi connectivity index (χ2v) is 7.00. The lowest BCUT2D eigenvalue weighted by Gasteiger charge is -2.09. The first-order chi connectivity index (χ1) is 10.3. The highest BCUT2D eigenvalue weighted by Gasteiger charge is 2.16. The van der Waals surface area contributed by atoms with Crippen LogP contribution in [0.1, 0.15) is 5.82 Å². The summed E-state index contributed by atoms with van der Waals surface area (Å²) in [6.45, 7) is 1.71. The number of benzene rings is 2. The van der Waals surface area contributed by atoms with Gasteiger partial charge in [-0.15, -0.1) is 0 Å². The average molecular weight is 322 g/mol. The fourth-order valence-corrected chi connectivity index (χ4v) is 3.15. The number of sulfone groups is 1. The van der Waals surface area contributed by atoms with Crippen LogP contribution in [0.2, 0.25) is 0 Å². The van der Waals surface area contributed by atoms with Crippen molar-refractivity contribution in [2.24, 2.45) is 0 Å². The SMILES string of the molecule is Cc1nc2ccc(F)cc2n1-c1ccc(S(C)(=O)=O)c(F)c1. The third kappa shape index (κ3) is 2.37. The lowest BCUT2D eigenvalue weighted by atomic mass is 10.2. The zero-order chi connectivity index (χ0) is 16.1. The van der Waals surface area contributed by atoms with E-state index in [1.54, 1.807) is 11.5 Å². The van der Waals surface area contributed by atoms with Gasteiger partial charge in [0.2, 0.25) is 0 Å². The molecule has 0 aliphatic rings. The van der Waals surface area contributed by atoms with Crippen molar-refractivity contribution in [1.82, 2.24) is 9.55 Å². The van der Waals surface area contributed by atoms with Crippen LogP contribution in [0.25, 0.3) is 16.7 Å². The van der Waals surface area contributed by atoms with Crippen molar-refractivity contribution >= 4 is 20.9 Å². The summed E-state index contributed by atoms with van der Waals surface area (Å²) in [5.41, 5.74) is 1.45. The largest absolute Gasteiger partial charge is 0.296 e. The molecule has 114 valence electrons. The molecule has 1 aromatic heterocycles. The third-order valence-corrected chi connectivity index (χ3v) is 4.49. The Balaban J connectivity index is 2.26. The van der Waals surface area contributed by atoms with Crippen molar-refractivity contribution < 1.29 is 17.2 Å². The quantitative estimate of drug-likeness (QED) is 0.729. The van der Waals surface area contributed by atoms with E-state index in [4.69, 9.17) is 0 Å². The Kier molecular flexibility index (Phi) is 3.25. The van der Waals surface area contributed by atoms with Crippen LogP contribution in [-0.2, 0) is 9.84 Å². The molecule has 4 nitrogen and oxygen atoms in total. The van der Waals surface area contributed by atoms with Crippen LogP contribution in [0, 0.1) is 18.6 Å². The Labute approximate surface area is 125 Å². The minimum Gasteiger partial charge on any atom is -0.296 e. The minimum absolute atomic E-state index is 0.371. The predicted octanol–water partition coefficient (Wildman–Crippen LogP) is 3.02. The molecule has 0 bridgehead atoms. The van der Waals surface area contributed by atoms with Crippen LogP contribution >= 0.6 is 0 Å². The smallest absolute Gasteiger partial charge is 0.178 e. The number of hydrogen-bond acceptors (Lipinski definition) is 3. The molecule has 0 radical (unpaired) electrons. The van der Waals surface area contributed by atoms with E-state index in [1.165, 1.54) is 30.3 Å². The van der Waals surface area contributed by atoms with Gasteiger partial charge in [0, 0.05) is 12.3 Å². The number of imidazole rings is 1. The van der Waals surface area contributed by atoms with E-state index in [2.05, 4.69) is 4.98 Å². The molecule has 22 heavy (non-hydrogen) atoms. The van der Waals surface area contributed by atoms with Gasteiger partial charge < -0.3 is 0 Å². The molecule has 3 aromatic rings. The molecule has 2 aromatic carbocycles. The topological polar surface area (TPSA) is 52.0 Å². The molecule has 0 spiro atoms. The molecule has 7 heteroatoms. The van der Waals surface area contributed by atoms with E-state index in [9.17, 15) is 17.2 Å². The highest BCUT2D eigenvalue weighted by atomic mass is 32.2. The Morgan fingerprint density at radius 2 is 1.82 bits per heavy atom. The fraction of sp³-hybridized carbons (Fsp3) is 0.133. The van der Waals surface area contributed by atoms with Gasteiger partial charge >= 0.3 is 0 Å². The summed E-state index contributed by atoms with van der Waals surface area (Å²) in [7, 11) is -3.64. The lowest BCUT2D eigenvalue weighted by Crippen LogP contribution is -2.03. The van der Waals surface area contributed by atoms with Crippen molar-refractivity contribution in [1.29, 1.82) is 0 Å². The Hall–Kier alpha value is -2.28. The van der Waals surface area contributed by atoms with Gasteiger partial charge in [0.05, 0.1) is 16.7 Å². The number of aryl methyl sites for hydroxylation is 1. The molecule has 0 amide bonds. The zero-order valence-corrected chi connectivity index (χ0v) is 12.7. The summed E-state index contributed by atoms with van der Waals surface area (Å²) < 4.78 is 52.0. The summed E-state index contributed by atoms with van der Waals surface area (Å²) in [6, 6.07) is 7.91. The minimum atomic E-state index is -3.64. The van der Waals surface area contributed by atoms with Crippen molar-refractivity contribution in [2.75, 3.05) is 6.26 Å². The molecular formula is C15H12F2N2O2S. The van der Waals surface area contributed by atoms with Gasteiger partial charge in [0.15, 0.2) is 9.84 Å². The summed E-state index contributed by atoms with van der Waals surface area (Å²) in [5, 5.41) is 0. The predicted molar refractivity (Wildman–Crippen MR) is 78.8 cm³/mol. The van der Waals surface area contributed by atoms with Crippen LogP contribution in [0.15, 0.2) is 41.3 Å². The van der Waals surface area contributed by atoms with Gasteiger partial charge in [0.1, 0.15) is 22.4 Å². The maximum Gasteiger partial charge on any atom is 0.178 e. The summed E-state index contributed by atoms with van der Waals surface area (Å²) in [5.74, 6) is -0.730. The first-order valence-corrected chi connectivity index (χ1v) is 8.31. The number of fused-ring (bicyclic) bond motifs is 1. The van der Waals surface area contributed by atoms with E-state index >= 15 is 0 Å². The standard InChI is InChI=1S/C15H12F2N2O2S/c1-9-18-13-5-3-10(16)7-14(13)19(9)11-4-6-15(12(17)8-11)22(2,20)21/h3-8H,1-2H3. The molecule has 0 saturated heterocycles. The van der Waals surface area contributed by atoms with Crippen LogP contribution in [0.4, 0.5) is 8.78 Å². The Bertz CT molecular complexity index is 994. The van der Waals surface area contributed by atoms with Crippen molar-refractivity contribution in [3.63, 3.8) is 0 Å². The monoisotopic (exact) mass is 322 g/mol. The van der Waals surface area contributed by atoms with Crippen LogP contribution in [0.3, 0.4) is 0 Å². The van der Waals surface area contributed by atoms with Gasteiger partial charge in [0.25, 0.3) is 0 Å². The maximum atomic E-state index is 14.1. The summed E-state index contributed by atoms with van der Waals surface area (Å²) in [4.78, 5) is 3.92. The van der Waals surface area contributed by atoms with E-state index in [0.29, 0.717) is 22.5 Å². The first kappa shape index (κ1) is 14.6. The number of halogens is 2. The second-order valence-electron chi connectivity index (χ2n) is 5.01. The van der Waals surface area contributed by atoms with E-state index < -0.39 is 21.5 Å². The Morgan fingerprint density at radius 1 is 1.09 bits per heavy atom. The lowest BCUT2D eigenvalue weighted by molar-refractivity contribution is 0.570. The van der Waals surface area contributed by atoms with Crippen molar-refractivity contribution in [3.8, 4) is 5.69 Å². The van der Waals surface area contributed by atoms with E-state index in [-0.39, 0.29) is 4.90 Å². The molecule has 1 heterocycles. The van der Waals surface area contributed by atoms with E-state index in [1.807, 2.05) is 0 Å². The molecule has 0 aliphatic heterocycles. The number of aromatic nitrogens is 2. The van der Waals surface area contributed by atoms with E-state index in [0.717, 1.165) is 12.3 Å². The Morgan fingerprint density at radius 3 is 2.45 bits per heavy atom.